The van der Waals surface area contributed by atoms with Gasteiger partial charge in [0.25, 0.3) is 0 Å². The zero-order valence-corrected chi connectivity index (χ0v) is 13.1. The Kier molecular flexibility index (Phi) is 3.69. The van der Waals surface area contributed by atoms with Crippen LogP contribution >= 0.6 is 0 Å². The second-order valence-electron chi connectivity index (χ2n) is 5.34. The molecular formula is C18H13N7. The van der Waals surface area contributed by atoms with Crippen molar-refractivity contribution < 1.29 is 0 Å². The number of H-pyrrole nitrogens is 1. The fraction of sp³-hybridized carbons (Fsp3) is 0. The Morgan fingerprint density at radius 2 is 1.88 bits per heavy atom. The lowest BCUT2D eigenvalue weighted by Gasteiger charge is -2.08. The lowest BCUT2D eigenvalue weighted by atomic mass is 10.2. The molecule has 120 valence electrons. The predicted molar refractivity (Wildman–Crippen MR) is 95.8 cm³/mol. The lowest BCUT2D eigenvalue weighted by Crippen LogP contribution is -2.00. The van der Waals surface area contributed by atoms with Crippen molar-refractivity contribution in [2.45, 2.75) is 0 Å². The van der Waals surface area contributed by atoms with Gasteiger partial charge in [-0.2, -0.15) is 10.2 Å². The number of hydrogen-bond acceptors (Lipinski definition) is 6. The summed E-state index contributed by atoms with van der Waals surface area (Å²) in [7, 11) is 0. The molecule has 0 aliphatic rings. The van der Waals surface area contributed by atoms with E-state index in [1.54, 1.807) is 30.7 Å². The molecule has 0 bridgehead atoms. The number of nitrogens with zero attached hydrogens (tertiary/aromatic N) is 4. The number of nitrogens with one attached hydrogen (secondary N) is 3. The van der Waals surface area contributed by atoms with Crippen LogP contribution in [0, 0.1) is 11.3 Å². The first-order valence-corrected chi connectivity index (χ1v) is 7.60. The molecule has 0 fully saturated rings. The summed E-state index contributed by atoms with van der Waals surface area (Å²) in [5, 5.41) is 15.3. The van der Waals surface area contributed by atoms with Crippen LogP contribution in [0.4, 0.5) is 23.1 Å². The smallest absolute Gasteiger partial charge is 0.229 e. The van der Waals surface area contributed by atoms with Gasteiger partial charge in [-0.3, -0.25) is 0 Å². The number of anilines is 4. The molecule has 2 heterocycles. The molecule has 0 radical (unpaired) electrons. The van der Waals surface area contributed by atoms with E-state index in [9.17, 15) is 0 Å². The summed E-state index contributed by atoms with van der Waals surface area (Å²) in [5.74, 6) is 1.11. The normalized spacial score (nSPS) is 10.4. The Balaban J connectivity index is 1.55. The first-order chi connectivity index (χ1) is 12.3. The van der Waals surface area contributed by atoms with E-state index in [2.05, 4.69) is 36.6 Å². The molecule has 25 heavy (non-hydrogen) atoms. The second kappa shape index (κ2) is 6.29. The number of nitriles is 1. The molecule has 0 aliphatic carbocycles. The highest BCUT2D eigenvalue weighted by molar-refractivity contribution is 5.79. The van der Waals surface area contributed by atoms with Gasteiger partial charge >= 0.3 is 0 Å². The number of hydrogen-bond donors (Lipinski definition) is 3. The number of fused-ring (bicyclic) bond motifs is 1. The van der Waals surface area contributed by atoms with Crippen molar-refractivity contribution >= 4 is 34.2 Å². The van der Waals surface area contributed by atoms with Crippen molar-refractivity contribution in [2.75, 3.05) is 10.6 Å². The van der Waals surface area contributed by atoms with Crippen LogP contribution in [-0.4, -0.2) is 19.9 Å². The number of aromatic amines is 1. The maximum Gasteiger partial charge on any atom is 0.229 e. The first-order valence-electron chi connectivity index (χ1n) is 7.60. The van der Waals surface area contributed by atoms with E-state index in [1.165, 1.54) is 0 Å². The third-order valence-electron chi connectivity index (χ3n) is 3.60. The Bertz CT molecular complexity index is 1080. The molecule has 0 aliphatic heterocycles. The molecule has 4 aromatic rings. The molecule has 0 spiro atoms. The van der Waals surface area contributed by atoms with Gasteiger partial charge in [-0.25, -0.2) is 9.97 Å². The zero-order valence-electron chi connectivity index (χ0n) is 13.1. The van der Waals surface area contributed by atoms with E-state index in [0.29, 0.717) is 17.3 Å². The molecule has 7 nitrogen and oxygen atoms in total. The van der Waals surface area contributed by atoms with Gasteiger partial charge in [-0.15, -0.1) is 0 Å². The minimum Gasteiger partial charge on any atom is -0.345 e. The van der Waals surface area contributed by atoms with Crippen molar-refractivity contribution in [3.8, 4) is 6.07 Å². The van der Waals surface area contributed by atoms with Crippen molar-refractivity contribution in [3.63, 3.8) is 0 Å². The molecule has 4 rings (SSSR count). The fourth-order valence-corrected chi connectivity index (χ4v) is 2.45. The van der Waals surface area contributed by atoms with Crippen LogP contribution < -0.4 is 10.6 Å². The molecular weight excluding hydrogens is 314 g/mol. The highest BCUT2D eigenvalue weighted by Crippen LogP contribution is 2.20. The van der Waals surface area contributed by atoms with Crippen LogP contribution in [0.15, 0.2) is 61.1 Å². The number of benzene rings is 2. The Labute approximate surface area is 143 Å². The van der Waals surface area contributed by atoms with E-state index in [-0.39, 0.29) is 0 Å². The quantitative estimate of drug-likeness (QED) is 0.528. The van der Waals surface area contributed by atoms with Gasteiger partial charge in [0, 0.05) is 17.6 Å². The summed E-state index contributed by atoms with van der Waals surface area (Å²) in [6.07, 6.45) is 3.33. The highest BCUT2D eigenvalue weighted by atomic mass is 15.1. The number of imidazole rings is 1. The highest BCUT2D eigenvalue weighted by Gasteiger charge is 2.03. The molecule has 7 heteroatoms. The maximum atomic E-state index is 8.97. The maximum absolute atomic E-state index is 8.97. The van der Waals surface area contributed by atoms with Gasteiger partial charge in [0.05, 0.1) is 29.0 Å². The number of aromatic nitrogens is 4. The molecule has 0 amide bonds. The fourth-order valence-electron chi connectivity index (χ4n) is 2.45. The van der Waals surface area contributed by atoms with Crippen molar-refractivity contribution in [3.05, 3.63) is 66.6 Å². The van der Waals surface area contributed by atoms with Crippen LogP contribution in [0.25, 0.3) is 11.0 Å². The minimum atomic E-state index is 0.447. The summed E-state index contributed by atoms with van der Waals surface area (Å²) < 4.78 is 0. The van der Waals surface area contributed by atoms with Gasteiger partial charge in [0.15, 0.2) is 0 Å². The van der Waals surface area contributed by atoms with Crippen molar-refractivity contribution in [2.24, 2.45) is 0 Å². The van der Waals surface area contributed by atoms with E-state index < -0.39 is 0 Å². The zero-order chi connectivity index (χ0) is 17.1. The van der Waals surface area contributed by atoms with Crippen molar-refractivity contribution in [1.29, 1.82) is 5.26 Å². The average molecular weight is 327 g/mol. The van der Waals surface area contributed by atoms with Gasteiger partial charge in [0.2, 0.25) is 5.95 Å². The van der Waals surface area contributed by atoms with Crippen LogP contribution in [0.1, 0.15) is 5.56 Å². The van der Waals surface area contributed by atoms with Crippen LogP contribution in [0.3, 0.4) is 0 Å². The molecule has 3 N–H and O–H groups in total. The predicted octanol–water partition coefficient (Wildman–Crippen LogP) is 3.71. The Hall–Kier alpha value is -3.92. The Morgan fingerprint density at radius 3 is 2.80 bits per heavy atom. The first kappa shape index (κ1) is 14.7. The average Bonchev–Trinajstić information content (AvgIpc) is 3.10. The molecule has 2 aromatic heterocycles. The second-order valence-corrected chi connectivity index (χ2v) is 5.34. The van der Waals surface area contributed by atoms with Gasteiger partial charge in [0.1, 0.15) is 5.82 Å². The van der Waals surface area contributed by atoms with E-state index in [0.717, 1.165) is 22.4 Å². The molecule has 0 saturated heterocycles. The molecule has 2 aromatic carbocycles. The molecule has 0 saturated carbocycles. The topological polar surface area (TPSA) is 102 Å². The molecule has 0 atom stereocenters. The van der Waals surface area contributed by atoms with E-state index in [4.69, 9.17) is 5.26 Å². The van der Waals surface area contributed by atoms with E-state index in [1.807, 2.05) is 30.3 Å². The standard InChI is InChI=1S/C18H13N7/c19-10-12-2-1-3-13(8-12)24-18-20-7-6-17(25-18)23-14-4-5-15-16(9-14)22-11-21-15/h1-9,11H,(H,21,22)(H2,20,23,24,25). The lowest BCUT2D eigenvalue weighted by molar-refractivity contribution is 1.17. The molecule has 0 unspecified atom stereocenters. The summed E-state index contributed by atoms with van der Waals surface area (Å²) in [6, 6.07) is 16.9. The van der Waals surface area contributed by atoms with E-state index >= 15 is 0 Å². The number of rotatable bonds is 4. The minimum absolute atomic E-state index is 0.447. The summed E-state index contributed by atoms with van der Waals surface area (Å²) in [6.45, 7) is 0. The largest absolute Gasteiger partial charge is 0.345 e. The third-order valence-corrected chi connectivity index (χ3v) is 3.60. The van der Waals surface area contributed by atoms with Crippen molar-refractivity contribution in [1.82, 2.24) is 19.9 Å². The third kappa shape index (κ3) is 3.23. The monoisotopic (exact) mass is 327 g/mol. The van der Waals surface area contributed by atoms with Crippen LogP contribution in [0.5, 0.6) is 0 Å². The van der Waals surface area contributed by atoms with Crippen LogP contribution in [-0.2, 0) is 0 Å². The summed E-state index contributed by atoms with van der Waals surface area (Å²) in [4.78, 5) is 15.9. The van der Waals surface area contributed by atoms with Gasteiger partial charge in [-0.1, -0.05) is 6.07 Å². The summed E-state index contributed by atoms with van der Waals surface area (Å²) >= 11 is 0. The van der Waals surface area contributed by atoms with Gasteiger partial charge < -0.3 is 15.6 Å². The SMILES string of the molecule is N#Cc1cccc(Nc2nccc(Nc3ccc4nc[nH]c4c3)n2)c1. The van der Waals surface area contributed by atoms with Gasteiger partial charge in [-0.05, 0) is 42.5 Å². The van der Waals surface area contributed by atoms with Crippen LogP contribution in [0.2, 0.25) is 0 Å². The Morgan fingerprint density at radius 1 is 0.960 bits per heavy atom. The summed E-state index contributed by atoms with van der Waals surface area (Å²) in [5.41, 5.74) is 4.09.